The van der Waals surface area contributed by atoms with Gasteiger partial charge < -0.3 is 18.9 Å². The molecule has 0 aromatic heterocycles. The van der Waals surface area contributed by atoms with E-state index in [-0.39, 0.29) is 12.7 Å². The molecule has 4 rings (SSSR count). The standard InChI is InChI=1S/C25H30O6/c1-14-18(15-8-10-16(28-6)11-9-15)25(5)19(21(26)29-7)20(24(14,4)23(25,2)3)22(27)31-13-17-12-30-17/h8-11,17H,12-13H2,1-7H3. The van der Waals surface area contributed by atoms with Gasteiger partial charge >= 0.3 is 11.9 Å². The molecule has 6 nitrogen and oxygen atoms in total. The molecular formula is C25H30O6. The Labute approximate surface area is 183 Å². The fraction of sp³-hybridized carbons (Fsp3) is 0.520. The van der Waals surface area contributed by atoms with Gasteiger partial charge in [-0.1, -0.05) is 45.4 Å². The summed E-state index contributed by atoms with van der Waals surface area (Å²) >= 11 is 0. The summed E-state index contributed by atoms with van der Waals surface area (Å²) in [6.07, 6.45) is -0.0485. The second-order valence-electron chi connectivity index (χ2n) is 9.40. The van der Waals surface area contributed by atoms with Crippen molar-refractivity contribution >= 4 is 17.5 Å². The molecule has 3 atom stereocenters. The zero-order valence-corrected chi connectivity index (χ0v) is 19.3. The number of esters is 2. The maximum atomic E-state index is 13.3. The van der Waals surface area contributed by atoms with Crippen LogP contribution in [0.2, 0.25) is 0 Å². The molecule has 1 aromatic rings. The van der Waals surface area contributed by atoms with Crippen molar-refractivity contribution in [1.82, 2.24) is 0 Å². The predicted octanol–water partition coefficient (Wildman–Crippen LogP) is 3.95. The summed E-state index contributed by atoms with van der Waals surface area (Å²) in [5.41, 5.74) is 2.01. The van der Waals surface area contributed by atoms with Gasteiger partial charge in [0, 0.05) is 10.8 Å². The summed E-state index contributed by atoms with van der Waals surface area (Å²) in [6.45, 7) is 11.1. The van der Waals surface area contributed by atoms with Crippen LogP contribution in [0.5, 0.6) is 5.75 Å². The van der Waals surface area contributed by atoms with E-state index in [1.165, 1.54) is 7.11 Å². The van der Waals surface area contributed by atoms with Crippen LogP contribution in [0.15, 0.2) is 41.0 Å². The first-order chi connectivity index (χ1) is 14.6. The molecule has 0 N–H and O–H groups in total. The Balaban J connectivity index is 1.91. The molecule has 0 spiro atoms. The van der Waals surface area contributed by atoms with Gasteiger partial charge in [0.2, 0.25) is 0 Å². The van der Waals surface area contributed by atoms with Crippen LogP contribution in [-0.4, -0.2) is 45.5 Å². The molecule has 6 heteroatoms. The molecule has 166 valence electrons. The molecule has 0 radical (unpaired) electrons. The summed E-state index contributed by atoms with van der Waals surface area (Å²) in [6, 6.07) is 7.82. The van der Waals surface area contributed by atoms with E-state index in [0.717, 1.165) is 22.5 Å². The van der Waals surface area contributed by atoms with E-state index >= 15 is 0 Å². The number of carbonyl (C=O) groups is 2. The zero-order valence-electron chi connectivity index (χ0n) is 19.3. The third kappa shape index (κ3) is 2.67. The fourth-order valence-electron chi connectivity index (χ4n) is 5.73. The monoisotopic (exact) mass is 426 g/mol. The molecule has 2 aliphatic carbocycles. The highest BCUT2D eigenvalue weighted by Gasteiger charge is 2.73. The van der Waals surface area contributed by atoms with Crippen molar-refractivity contribution in [3.63, 3.8) is 0 Å². The lowest BCUT2D eigenvalue weighted by atomic mass is 9.59. The highest BCUT2D eigenvalue weighted by molar-refractivity contribution is 6.10. The number of fused-ring (bicyclic) bond motifs is 2. The Morgan fingerprint density at radius 2 is 1.58 bits per heavy atom. The SMILES string of the molecule is COC(=O)C1=C(C(=O)OCC2CO2)C2(C)C(C)=C(c3ccc(OC)cc3)C1(C)C2(C)C. The molecule has 1 saturated heterocycles. The number of ether oxygens (including phenoxy) is 4. The van der Waals surface area contributed by atoms with E-state index < -0.39 is 28.2 Å². The van der Waals surface area contributed by atoms with Crippen molar-refractivity contribution < 1.29 is 28.5 Å². The quantitative estimate of drug-likeness (QED) is 0.507. The van der Waals surface area contributed by atoms with Crippen molar-refractivity contribution in [1.29, 1.82) is 0 Å². The minimum absolute atomic E-state index is 0.0485. The number of hydrogen-bond donors (Lipinski definition) is 0. The largest absolute Gasteiger partial charge is 0.497 e. The number of benzene rings is 1. The third-order valence-electron chi connectivity index (χ3n) is 8.15. The molecule has 0 saturated carbocycles. The average molecular weight is 427 g/mol. The van der Waals surface area contributed by atoms with Crippen molar-refractivity contribution in [2.24, 2.45) is 16.2 Å². The first kappa shape index (κ1) is 21.6. The topological polar surface area (TPSA) is 74.4 Å². The Bertz CT molecular complexity index is 1010. The lowest BCUT2D eigenvalue weighted by Crippen LogP contribution is -2.39. The van der Waals surface area contributed by atoms with Gasteiger partial charge in [0.15, 0.2) is 0 Å². The van der Waals surface area contributed by atoms with Crippen molar-refractivity contribution in [3.8, 4) is 5.75 Å². The van der Waals surface area contributed by atoms with E-state index in [1.807, 2.05) is 38.1 Å². The zero-order chi connectivity index (χ0) is 22.8. The molecular weight excluding hydrogens is 396 g/mol. The number of methoxy groups -OCH3 is 2. The molecule has 31 heavy (non-hydrogen) atoms. The lowest BCUT2D eigenvalue weighted by molar-refractivity contribution is -0.142. The first-order valence-corrected chi connectivity index (χ1v) is 10.5. The second-order valence-corrected chi connectivity index (χ2v) is 9.40. The number of rotatable bonds is 6. The maximum Gasteiger partial charge on any atom is 0.335 e. The van der Waals surface area contributed by atoms with Gasteiger partial charge in [-0.25, -0.2) is 9.59 Å². The molecule has 3 aliphatic rings. The Kier molecular flexibility index (Phi) is 4.85. The van der Waals surface area contributed by atoms with E-state index in [2.05, 4.69) is 20.8 Å². The smallest absolute Gasteiger partial charge is 0.335 e. The fourth-order valence-corrected chi connectivity index (χ4v) is 5.73. The van der Waals surface area contributed by atoms with Crippen LogP contribution in [-0.2, 0) is 23.8 Å². The summed E-state index contributed by atoms with van der Waals surface area (Å²) in [5, 5.41) is 0. The van der Waals surface area contributed by atoms with Gasteiger partial charge in [-0.05, 0) is 35.6 Å². The molecule has 1 aliphatic heterocycles. The van der Waals surface area contributed by atoms with Gasteiger partial charge in [-0.2, -0.15) is 0 Å². The Morgan fingerprint density at radius 3 is 2.10 bits per heavy atom. The van der Waals surface area contributed by atoms with Gasteiger partial charge in [-0.3, -0.25) is 0 Å². The van der Waals surface area contributed by atoms with Gasteiger partial charge in [0.05, 0.1) is 32.0 Å². The Morgan fingerprint density at radius 1 is 1.00 bits per heavy atom. The first-order valence-electron chi connectivity index (χ1n) is 10.5. The van der Waals surface area contributed by atoms with Crippen LogP contribution in [0, 0.1) is 16.2 Å². The second kappa shape index (κ2) is 6.95. The number of epoxide rings is 1. The maximum absolute atomic E-state index is 13.3. The minimum atomic E-state index is -0.738. The van der Waals surface area contributed by atoms with Crippen molar-refractivity contribution in [3.05, 3.63) is 46.5 Å². The number of hydrogen-bond acceptors (Lipinski definition) is 6. The lowest BCUT2D eigenvalue weighted by Gasteiger charge is -2.42. The van der Waals surface area contributed by atoms with Crippen LogP contribution in [0.25, 0.3) is 5.57 Å². The normalized spacial score (nSPS) is 30.5. The van der Waals surface area contributed by atoms with Crippen LogP contribution < -0.4 is 4.74 Å². The van der Waals surface area contributed by atoms with Gasteiger partial charge in [0.1, 0.15) is 18.5 Å². The highest BCUT2D eigenvalue weighted by atomic mass is 16.6. The van der Waals surface area contributed by atoms with Gasteiger partial charge in [-0.15, -0.1) is 0 Å². The van der Waals surface area contributed by atoms with Gasteiger partial charge in [0.25, 0.3) is 0 Å². The number of carbonyl (C=O) groups excluding carboxylic acids is 2. The number of allylic oxidation sites excluding steroid dienone is 2. The van der Waals surface area contributed by atoms with E-state index in [9.17, 15) is 9.59 Å². The summed E-state index contributed by atoms with van der Waals surface area (Å²) in [7, 11) is 2.98. The van der Waals surface area contributed by atoms with Crippen LogP contribution in [0.1, 0.15) is 40.2 Å². The molecule has 2 bridgehead atoms. The molecule has 0 amide bonds. The van der Waals surface area contributed by atoms with Crippen LogP contribution in [0.4, 0.5) is 0 Å². The van der Waals surface area contributed by atoms with Crippen LogP contribution in [0.3, 0.4) is 0 Å². The average Bonchev–Trinajstić information content (AvgIpc) is 3.55. The molecule has 1 heterocycles. The van der Waals surface area contributed by atoms with Crippen LogP contribution >= 0.6 is 0 Å². The highest BCUT2D eigenvalue weighted by Crippen LogP contribution is 2.77. The predicted molar refractivity (Wildman–Crippen MR) is 115 cm³/mol. The molecule has 3 unspecified atom stereocenters. The molecule has 1 fully saturated rings. The van der Waals surface area contributed by atoms with E-state index in [0.29, 0.717) is 17.8 Å². The summed E-state index contributed by atoms with van der Waals surface area (Å²) < 4.78 is 21.3. The summed E-state index contributed by atoms with van der Waals surface area (Å²) in [5.74, 6) is -0.202. The Hall–Kier alpha value is -2.60. The van der Waals surface area contributed by atoms with E-state index in [1.54, 1.807) is 7.11 Å². The third-order valence-corrected chi connectivity index (χ3v) is 8.15. The molecule has 1 aromatic carbocycles. The summed E-state index contributed by atoms with van der Waals surface area (Å²) in [4.78, 5) is 26.5. The van der Waals surface area contributed by atoms with Crippen molar-refractivity contribution in [2.45, 2.75) is 40.7 Å². The minimum Gasteiger partial charge on any atom is -0.497 e. The van der Waals surface area contributed by atoms with Crippen molar-refractivity contribution in [2.75, 3.05) is 27.4 Å². The van der Waals surface area contributed by atoms with E-state index in [4.69, 9.17) is 18.9 Å².